The predicted molar refractivity (Wildman–Crippen MR) is 107 cm³/mol. The molecular formula is C20H26N6O. The third-order valence-corrected chi connectivity index (χ3v) is 4.59. The predicted octanol–water partition coefficient (Wildman–Crippen LogP) is 2.38. The van der Waals surface area contributed by atoms with Gasteiger partial charge >= 0.3 is 0 Å². The number of ether oxygens (including phenoxy) is 1. The molecule has 2 aromatic heterocycles. The maximum atomic E-state index is 5.24. The van der Waals surface area contributed by atoms with Crippen LogP contribution < -0.4 is 15.4 Å². The van der Waals surface area contributed by atoms with E-state index in [4.69, 9.17) is 4.74 Å². The molecule has 0 aliphatic rings. The number of aliphatic imine (C=N–C) groups is 1. The second kappa shape index (κ2) is 8.07. The van der Waals surface area contributed by atoms with E-state index in [2.05, 4.69) is 51.8 Å². The standard InChI is InChI=1S/C20H26N6O/c1-20(2,15-8-10-16(27-4)11-9-15)14-23-19(21-3)22-13-18-25-24-17-7-5-6-12-26(17)18/h5-12H,13-14H2,1-4H3,(H2,21,22,23). The van der Waals surface area contributed by atoms with Gasteiger partial charge in [0, 0.05) is 25.2 Å². The van der Waals surface area contributed by atoms with Crippen LogP contribution in [0.2, 0.25) is 0 Å². The van der Waals surface area contributed by atoms with Crippen molar-refractivity contribution in [2.45, 2.75) is 25.8 Å². The van der Waals surface area contributed by atoms with Crippen LogP contribution in [0.5, 0.6) is 5.75 Å². The fraction of sp³-hybridized carbons (Fsp3) is 0.350. The molecular weight excluding hydrogens is 340 g/mol. The lowest BCUT2D eigenvalue weighted by Crippen LogP contribution is -2.43. The fourth-order valence-electron chi connectivity index (χ4n) is 2.84. The van der Waals surface area contributed by atoms with Gasteiger partial charge in [-0.25, -0.2) is 0 Å². The van der Waals surface area contributed by atoms with Gasteiger partial charge in [-0.05, 0) is 29.8 Å². The molecule has 7 nitrogen and oxygen atoms in total. The quantitative estimate of drug-likeness (QED) is 0.517. The number of fused-ring (bicyclic) bond motifs is 1. The summed E-state index contributed by atoms with van der Waals surface area (Å²) in [5, 5.41) is 15.1. The maximum absolute atomic E-state index is 5.24. The molecule has 2 heterocycles. The van der Waals surface area contributed by atoms with Crippen LogP contribution in [0, 0.1) is 0 Å². The highest BCUT2D eigenvalue weighted by atomic mass is 16.5. The Morgan fingerprint density at radius 3 is 2.59 bits per heavy atom. The molecule has 3 aromatic rings. The molecule has 0 fully saturated rings. The molecule has 1 aromatic carbocycles. The lowest BCUT2D eigenvalue weighted by molar-refractivity contribution is 0.414. The van der Waals surface area contributed by atoms with Crippen molar-refractivity contribution in [3.8, 4) is 5.75 Å². The molecule has 0 atom stereocenters. The molecule has 0 amide bonds. The van der Waals surface area contributed by atoms with Gasteiger partial charge in [0.05, 0.1) is 13.7 Å². The molecule has 3 rings (SSSR count). The SMILES string of the molecule is CN=C(NCc1nnc2ccccn12)NCC(C)(C)c1ccc(OC)cc1. The summed E-state index contributed by atoms with van der Waals surface area (Å²) in [5.41, 5.74) is 2.00. The van der Waals surface area contributed by atoms with E-state index >= 15 is 0 Å². The average molecular weight is 366 g/mol. The number of rotatable bonds is 6. The molecule has 0 saturated heterocycles. The van der Waals surface area contributed by atoms with Gasteiger partial charge < -0.3 is 15.4 Å². The monoisotopic (exact) mass is 366 g/mol. The fourth-order valence-corrected chi connectivity index (χ4v) is 2.84. The van der Waals surface area contributed by atoms with E-state index in [1.807, 2.05) is 40.9 Å². The lowest BCUT2D eigenvalue weighted by atomic mass is 9.84. The van der Waals surface area contributed by atoms with E-state index in [0.717, 1.165) is 29.7 Å². The van der Waals surface area contributed by atoms with Crippen LogP contribution in [0.4, 0.5) is 0 Å². The molecule has 142 valence electrons. The highest BCUT2D eigenvalue weighted by Crippen LogP contribution is 2.24. The van der Waals surface area contributed by atoms with Gasteiger partial charge in [0.15, 0.2) is 17.4 Å². The minimum absolute atomic E-state index is 0.0640. The Balaban J connectivity index is 1.59. The minimum Gasteiger partial charge on any atom is -0.497 e. The number of aromatic nitrogens is 3. The Morgan fingerprint density at radius 2 is 1.89 bits per heavy atom. The van der Waals surface area contributed by atoms with Crippen molar-refractivity contribution in [2.24, 2.45) is 4.99 Å². The summed E-state index contributed by atoms with van der Waals surface area (Å²) in [7, 11) is 3.44. The van der Waals surface area contributed by atoms with E-state index < -0.39 is 0 Å². The number of guanidine groups is 1. The smallest absolute Gasteiger partial charge is 0.191 e. The van der Waals surface area contributed by atoms with Crippen molar-refractivity contribution in [1.29, 1.82) is 0 Å². The minimum atomic E-state index is -0.0640. The number of nitrogens with one attached hydrogen (secondary N) is 2. The first-order valence-corrected chi connectivity index (χ1v) is 8.91. The second-order valence-corrected chi connectivity index (χ2v) is 6.94. The third kappa shape index (κ3) is 4.36. The van der Waals surface area contributed by atoms with Crippen molar-refractivity contribution in [1.82, 2.24) is 25.2 Å². The molecule has 7 heteroatoms. The molecule has 0 aliphatic heterocycles. The van der Waals surface area contributed by atoms with E-state index in [-0.39, 0.29) is 5.41 Å². The summed E-state index contributed by atoms with van der Waals surface area (Å²) in [4.78, 5) is 4.31. The molecule has 0 spiro atoms. The number of methoxy groups -OCH3 is 1. The van der Waals surface area contributed by atoms with Gasteiger partial charge in [-0.2, -0.15) is 0 Å². The maximum Gasteiger partial charge on any atom is 0.191 e. The van der Waals surface area contributed by atoms with Crippen molar-refractivity contribution >= 4 is 11.6 Å². The Hall–Kier alpha value is -3.09. The Kier molecular flexibility index (Phi) is 5.59. The molecule has 0 radical (unpaired) electrons. The molecule has 0 bridgehead atoms. The highest BCUT2D eigenvalue weighted by molar-refractivity contribution is 5.79. The average Bonchev–Trinajstić information content (AvgIpc) is 3.11. The number of benzene rings is 1. The summed E-state index contributed by atoms with van der Waals surface area (Å²) in [6.07, 6.45) is 1.95. The zero-order valence-corrected chi connectivity index (χ0v) is 16.2. The summed E-state index contributed by atoms with van der Waals surface area (Å²) >= 11 is 0. The van der Waals surface area contributed by atoms with Crippen LogP contribution in [0.1, 0.15) is 25.2 Å². The van der Waals surface area contributed by atoms with Crippen molar-refractivity contribution in [3.63, 3.8) is 0 Å². The Labute approximate surface area is 159 Å². The van der Waals surface area contributed by atoms with E-state index in [1.54, 1.807) is 14.2 Å². The van der Waals surface area contributed by atoms with E-state index in [1.165, 1.54) is 5.56 Å². The Bertz CT molecular complexity index is 914. The number of pyridine rings is 1. The van der Waals surface area contributed by atoms with Gasteiger partial charge in [-0.3, -0.25) is 9.39 Å². The zero-order chi connectivity index (χ0) is 19.3. The van der Waals surface area contributed by atoms with Crippen LogP contribution in [0.3, 0.4) is 0 Å². The van der Waals surface area contributed by atoms with Crippen LogP contribution >= 0.6 is 0 Å². The topological polar surface area (TPSA) is 75.8 Å². The molecule has 2 N–H and O–H groups in total. The van der Waals surface area contributed by atoms with Gasteiger partial charge in [0.25, 0.3) is 0 Å². The highest BCUT2D eigenvalue weighted by Gasteiger charge is 2.21. The summed E-state index contributed by atoms with van der Waals surface area (Å²) < 4.78 is 7.20. The van der Waals surface area contributed by atoms with Crippen molar-refractivity contribution in [3.05, 3.63) is 60.0 Å². The first-order valence-electron chi connectivity index (χ1n) is 8.91. The number of hydrogen-bond donors (Lipinski definition) is 2. The molecule has 27 heavy (non-hydrogen) atoms. The molecule has 0 saturated carbocycles. The van der Waals surface area contributed by atoms with Gasteiger partial charge in [-0.1, -0.05) is 32.0 Å². The first-order chi connectivity index (χ1) is 13.0. The van der Waals surface area contributed by atoms with E-state index in [9.17, 15) is 0 Å². The summed E-state index contributed by atoms with van der Waals surface area (Å²) in [5.74, 6) is 2.42. The third-order valence-electron chi connectivity index (χ3n) is 4.59. The van der Waals surface area contributed by atoms with Crippen molar-refractivity contribution in [2.75, 3.05) is 20.7 Å². The van der Waals surface area contributed by atoms with Crippen LogP contribution in [-0.2, 0) is 12.0 Å². The van der Waals surface area contributed by atoms with Crippen molar-refractivity contribution < 1.29 is 4.74 Å². The van der Waals surface area contributed by atoms with Crippen LogP contribution in [0.15, 0.2) is 53.7 Å². The Morgan fingerprint density at radius 1 is 1.11 bits per heavy atom. The zero-order valence-electron chi connectivity index (χ0n) is 16.2. The second-order valence-electron chi connectivity index (χ2n) is 6.94. The first kappa shape index (κ1) is 18.7. The van der Waals surface area contributed by atoms with Gasteiger partial charge in [0.1, 0.15) is 5.75 Å². The van der Waals surface area contributed by atoms with Crippen LogP contribution in [0.25, 0.3) is 5.65 Å². The summed E-state index contributed by atoms with van der Waals surface area (Å²) in [6, 6.07) is 14.0. The molecule has 0 unspecified atom stereocenters. The number of nitrogens with zero attached hydrogens (tertiary/aromatic N) is 4. The molecule has 0 aliphatic carbocycles. The lowest BCUT2D eigenvalue weighted by Gasteiger charge is -2.27. The number of hydrogen-bond acceptors (Lipinski definition) is 4. The van der Waals surface area contributed by atoms with Crippen LogP contribution in [-0.4, -0.2) is 41.3 Å². The normalized spacial score (nSPS) is 12.2. The van der Waals surface area contributed by atoms with E-state index in [0.29, 0.717) is 6.54 Å². The van der Waals surface area contributed by atoms with Gasteiger partial charge in [0.2, 0.25) is 0 Å². The summed E-state index contributed by atoms with van der Waals surface area (Å²) in [6.45, 7) is 5.66. The van der Waals surface area contributed by atoms with Gasteiger partial charge in [-0.15, -0.1) is 10.2 Å². The largest absolute Gasteiger partial charge is 0.497 e.